The number of halogens is 1. The van der Waals surface area contributed by atoms with E-state index in [1.54, 1.807) is 0 Å². The molecule has 0 atom stereocenters. The number of rotatable bonds is 8. The van der Waals surface area contributed by atoms with Crippen LogP contribution in [-0.2, 0) is 17.6 Å². The zero-order valence-electron chi connectivity index (χ0n) is 14.0. The summed E-state index contributed by atoms with van der Waals surface area (Å²) in [6, 6.07) is 16.0. The molecule has 0 bridgehead atoms. The molecule has 25 heavy (non-hydrogen) atoms. The maximum atomic E-state index is 11.9. The quantitative estimate of drug-likeness (QED) is 0.543. The Hall–Kier alpha value is -2.30. The average molecular weight is 356 g/mol. The van der Waals surface area contributed by atoms with Gasteiger partial charge in [-0.2, -0.15) is 0 Å². The highest BCUT2D eigenvalue weighted by atomic mass is 35.5. The van der Waals surface area contributed by atoms with E-state index >= 15 is 0 Å². The summed E-state index contributed by atoms with van der Waals surface area (Å²) in [7, 11) is 0. The molecular formula is C20H22ClN3O. The topological polar surface area (TPSA) is 56.9 Å². The Balaban J connectivity index is 1.34. The molecule has 1 aromatic heterocycles. The summed E-state index contributed by atoms with van der Waals surface area (Å²) in [4.78, 5) is 15.2. The fourth-order valence-corrected chi connectivity index (χ4v) is 3.08. The first-order chi connectivity index (χ1) is 12.2. The Morgan fingerprint density at radius 2 is 1.92 bits per heavy atom. The third-order valence-corrected chi connectivity index (χ3v) is 4.39. The van der Waals surface area contributed by atoms with Crippen molar-refractivity contribution in [3.63, 3.8) is 0 Å². The van der Waals surface area contributed by atoms with Gasteiger partial charge >= 0.3 is 0 Å². The van der Waals surface area contributed by atoms with E-state index in [2.05, 4.69) is 27.8 Å². The molecule has 1 heterocycles. The SMILES string of the molecule is O=C(CNCCc1cccc(Cl)c1)NCCc1c[nH]c2ccccc12. The van der Waals surface area contributed by atoms with Gasteiger partial charge < -0.3 is 15.6 Å². The summed E-state index contributed by atoms with van der Waals surface area (Å²) in [6.07, 6.45) is 3.68. The molecule has 0 aliphatic carbocycles. The number of fused-ring (bicyclic) bond motifs is 1. The summed E-state index contributed by atoms with van der Waals surface area (Å²) < 4.78 is 0. The minimum atomic E-state index is 0.0194. The van der Waals surface area contributed by atoms with Gasteiger partial charge in [-0.3, -0.25) is 4.79 Å². The summed E-state index contributed by atoms with van der Waals surface area (Å²) >= 11 is 5.96. The van der Waals surface area contributed by atoms with E-state index in [1.165, 1.54) is 16.5 Å². The predicted molar refractivity (Wildman–Crippen MR) is 103 cm³/mol. The van der Waals surface area contributed by atoms with Crippen molar-refractivity contribution in [3.05, 3.63) is 70.9 Å². The van der Waals surface area contributed by atoms with Crippen LogP contribution in [0.3, 0.4) is 0 Å². The van der Waals surface area contributed by atoms with Crippen molar-refractivity contribution in [1.29, 1.82) is 0 Å². The van der Waals surface area contributed by atoms with Crippen molar-refractivity contribution in [2.24, 2.45) is 0 Å². The average Bonchev–Trinajstić information content (AvgIpc) is 3.02. The van der Waals surface area contributed by atoms with E-state index in [0.29, 0.717) is 13.1 Å². The van der Waals surface area contributed by atoms with Gasteiger partial charge in [0.2, 0.25) is 5.91 Å². The molecule has 130 valence electrons. The van der Waals surface area contributed by atoms with Gasteiger partial charge in [0, 0.05) is 28.7 Å². The van der Waals surface area contributed by atoms with Gasteiger partial charge in [-0.05, 0) is 48.7 Å². The van der Waals surface area contributed by atoms with Crippen LogP contribution in [0.5, 0.6) is 0 Å². The minimum absolute atomic E-state index is 0.0194. The van der Waals surface area contributed by atoms with Crippen LogP contribution in [0.2, 0.25) is 5.02 Å². The summed E-state index contributed by atoms with van der Waals surface area (Å²) in [5.74, 6) is 0.0194. The molecule has 0 spiro atoms. The molecule has 3 N–H and O–H groups in total. The molecule has 0 fully saturated rings. The van der Waals surface area contributed by atoms with E-state index in [0.717, 1.165) is 29.9 Å². The van der Waals surface area contributed by atoms with Gasteiger partial charge in [-0.25, -0.2) is 0 Å². The first-order valence-electron chi connectivity index (χ1n) is 8.49. The van der Waals surface area contributed by atoms with Crippen LogP contribution in [-0.4, -0.2) is 30.5 Å². The Morgan fingerprint density at radius 1 is 1.04 bits per heavy atom. The maximum absolute atomic E-state index is 11.9. The van der Waals surface area contributed by atoms with Crippen LogP contribution in [0.4, 0.5) is 0 Å². The molecule has 1 amide bonds. The molecule has 0 aliphatic heterocycles. The Labute approximate surface area is 152 Å². The molecule has 0 aliphatic rings. The van der Waals surface area contributed by atoms with E-state index < -0.39 is 0 Å². The van der Waals surface area contributed by atoms with Gasteiger partial charge in [0.25, 0.3) is 0 Å². The van der Waals surface area contributed by atoms with Crippen LogP contribution in [0.15, 0.2) is 54.7 Å². The van der Waals surface area contributed by atoms with Crippen molar-refractivity contribution in [3.8, 4) is 0 Å². The van der Waals surface area contributed by atoms with Crippen molar-refractivity contribution >= 4 is 28.4 Å². The number of carbonyl (C=O) groups is 1. The molecule has 5 heteroatoms. The van der Waals surface area contributed by atoms with E-state index in [9.17, 15) is 4.79 Å². The molecule has 0 saturated carbocycles. The Morgan fingerprint density at radius 3 is 2.80 bits per heavy atom. The number of hydrogen-bond donors (Lipinski definition) is 3. The third-order valence-electron chi connectivity index (χ3n) is 4.16. The molecule has 4 nitrogen and oxygen atoms in total. The number of aromatic nitrogens is 1. The maximum Gasteiger partial charge on any atom is 0.233 e. The third kappa shape index (κ3) is 5.08. The number of carbonyl (C=O) groups excluding carboxylic acids is 1. The lowest BCUT2D eigenvalue weighted by atomic mass is 10.1. The molecule has 3 rings (SSSR count). The lowest BCUT2D eigenvalue weighted by molar-refractivity contribution is -0.120. The van der Waals surface area contributed by atoms with Gasteiger partial charge in [0.1, 0.15) is 0 Å². The number of H-pyrrole nitrogens is 1. The van der Waals surface area contributed by atoms with Gasteiger partial charge in [-0.15, -0.1) is 0 Å². The first-order valence-corrected chi connectivity index (χ1v) is 8.87. The fraction of sp³-hybridized carbons (Fsp3) is 0.250. The van der Waals surface area contributed by atoms with E-state index in [1.807, 2.05) is 42.6 Å². The number of benzene rings is 2. The first kappa shape index (κ1) is 17.5. The highest BCUT2D eigenvalue weighted by Crippen LogP contribution is 2.17. The number of nitrogens with one attached hydrogen (secondary N) is 3. The largest absolute Gasteiger partial charge is 0.361 e. The lowest BCUT2D eigenvalue weighted by Crippen LogP contribution is -2.35. The number of amides is 1. The summed E-state index contributed by atoms with van der Waals surface area (Å²) in [5.41, 5.74) is 3.52. The monoisotopic (exact) mass is 355 g/mol. The second-order valence-corrected chi connectivity index (χ2v) is 6.45. The van der Waals surface area contributed by atoms with Gasteiger partial charge in [0.05, 0.1) is 6.54 Å². The molecule has 0 radical (unpaired) electrons. The number of aromatic amines is 1. The smallest absolute Gasteiger partial charge is 0.233 e. The summed E-state index contributed by atoms with van der Waals surface area (Å²) in [5, 5.41) is 8.08. The molecule has 0 unspecified atom stereocenters. The summed E-state index contributed by atoms with van der Waals surface area (Å²) in [6.45, 7) is 1.71. The predicted octanol–water partition coefficient (Wildman–Crippen LogP) is 3.31. The standard InChI is InChI=1S/C20H22ClN3O/c21-17-5-3-4-15(12-17)8-10-22-14-20(25)23-11-9-16-13-24-19-7-2-1-6-18(16)19/h1-7,12-13,22,24H,8-11,14H2,(H,23,25). The number of hydrogen-bond acceptors (Lipinski definition) is 2. The second kappa shape index (κ2) is 8.70. The van der Waals surface area contributed by atoms with Crippen molar-refractivity contribution < 1.29 is 4.79 Å². The highest BCUT2D eigenvalue weighted by molar-refractivity contribution is 6.30. The van der Waals surface area contributed by atoms with E-state index in [-0.39, 0.29) is 5.91 Å². The normalized spacial score (nSPS) is 10.9. The lowest BCUT2D eigenvalue weighted by Gasteiger charge is -2.07. The molecule has 3 aromatic rings. The molecule has 0 saturated heterocycles. The fourth-order valence-electron chi connectivity index (χ4n) is 2.86. The Bertz CT molecular complexity index is 844. The number of para-hydroxylation sites is 1. The zero-order valence-corrected chi connectivity index (χ0v) is 14.8. The second-order valence-electron chi connectivity index (χ2n) is 6.02. The van der Waals surface area contributed by atoms with Crippen LogP contribution in [0.1, 0.15) is 11.1 Å². The molecule has 2 aromatic carbocycles. The minimum Gasteiger partial charge on any atom is -0.361 e. The molecular weight excluding hydrogens is 334 g/mol. The highest BCUT2D eigenvalue weighted by Gasteiger charge is 2.04. The van der Waals surface area contributed by atoms with E-state index in [4.69, 9.17) is 11.6 Å². The van der Waals surface area contributed by atoms with Crippen molar-refractivity contribution in [2.75, 3.05) is 19.6 Å². The van der Waals surface area contributed by atoms with Gasteiger partial charge in [0.15, 0.2) is 0 Å². The van der Waals surface area contributed by atoms with Crippen LogP contribution >= 0.6 is 11.6 Å². The van der Waals surface area contributed by atoms with Crippen molar-refractivity contribution in [1.82, 2.24) is 15.6 Å². The van der Waals surface area contributed by atoms with Crippen LogP contribution in [0.25, 0.3) is 10.9 Å². The van der Waals surface area contributed by atoms with Crippen LogP contribution < -0.4 is 10.6 Å². The van der Waals surface area contributed by atoms with Crippen LogP contribution in [0, 0.1) is 0 Å². The van der Waals surface area contributed by atoms with Gasteiger partial charge in [-0.1, -0.05) is 41.9 Å². The zero-order chi connectivity index (χ0) is 17.5. The Kier molecular flexibility index (Phi) is 6.09. The van der Waals surface area contributed by atoms with Crippen molar-refractivity contribution in [2.45, 2.75) is 12.8 Å².